The van der Waals surface area contributed by atoms with Gasteiger partial charge in [-0.1, -0.05) is 121 Å². The maximum absolute atomic E-state index is 6.26. The van der Waals surface area contributed by atoms with Gasteiger partial charge < -0.3 is 9.30 Å². The summed E-state index contributed by atoms with van der Waals surface area (Å²) >= 11 is 5.93. The highest BCUT2D eigenvalue weighted by molar-refractivity contribution is 6.29. The first-order chi connectivity index (χ1) is 19.7. The first-order valence-corrected chi connectivity index (χ1v) is 13.7. The quantitative estimate of drug-likeness (QED) is 0.137. The molecule has 0 fully saturated rings. The Hall–Kier alpha value is -4.67. The van der Waals surface area contributed by atoms with Crippen molar-refractivity contribution in [3.63, 3.8) is 0 Å². The summed E-state index contributed by atoms with van der Waals surface area (Å²) in [4.78, 5) is 9.09. The Kier molecular flexibility index (Phi) is 7.43. The van der Waals surface area contributed by atoms with E-state index in [1.807, 2.05) is 30.6 Å². The third-order valence-electron chi connectivity index (χ3n) is 7.14. The predicted octanol–water partition coefficient (Wildman–Crippen LogP) is 8.06. The molecule has 196 valence electrons. The third-order valence-corrected chi connectivity index (χ3v) is 7.37. The van der Waals surface area contributed by atoms with Gasteiger partial charge in [-0.3, -0.25) is 0 Å². The SMILES string of the molecule is Clc1ccc(CCOc2ccccc2-c2cn(C(c3ccccc3)(c3ccccc3)c3ccccc3)cn2)cn1. The van der Waals surface area contributed by atoms with Crippen LogP contribution in [0.5, 0.6) is 5.75 Å². The van der Waals surface area contributed by atoms with Crippen molar-refractivity contribution in [2.24, 2.45) is 0 Å². The number of aromatic nitrogens is 3. The molecule has 2 aromatic heterocycles. The molecule has 0 radical (unpaired) electrons. The zero-order valence-corrected chi connectivity index (χ0v) is 22.7. The lowest BCUT2D eigenvalue weighted by molar-refractivity contribution is 0.323. The molecule has 0 saturated carbocycles. The molecule has 0 aliphatic rings. The van der Waals surface area contributed by atoms with Crippen LogP contribution in [0.2, 0.25) is 5.15 Å². The largest absolute Gasteiger partial charge is 0.493 e. The number of hydrogen-bond donors (Lipinski definition) is 0. The standard InChI is InChI=1S/C35H28ClN3O/c36-34-21-20-27(24-37-34)22-23-40-33-19-11-10-18-31(33)32-25-39(26-38-32)35(28-12-4-1-5-13-28,29-14-6-2-7-15-29)30-16-8-3-9-17-30/h1-21,24-26H,22-23H2. The summed E-state index contributed by atoms with van der Waals surface area (Å²) in [5.41, 5.74) is 5.69. The highest BCUT2D eigenvalue weighted by atomic mass is 35.5. The van der Waals surface area contributed by atoms with Gasteiger partial charge in [0.05, 0.1) is 18.6 Å². The molecule has 0 aliphatic carbocycles. The molecular formula is C35H28ClN3O. The molecule has 6 rings (SSSR count). The van der Waals surface area contributed by atoms with E-state index in [9.17, 15) is 0 Å². The highest BCUT2D eigenvalue weighted by Gasteiger charge is 2.38. The molecule has 0 spiro atoms. The van der Waals surface area contributed by atoms with Crippen LogP contribution in [0, 0.1) is 0 Å². The number of hydrogen-bond acceptors (Lipinski definition) is 3. The van der Waals surface area contributed by atoms with Gasteiger partial charge in [0, 0.05) is 24.4 Å². The van der Waals surface area contributed by atoms with Crippen molar-refractivity contribution in [2.45, 2.75) is 12.0 Å². The molecule has 0 atom stereocenters. The number of ether oxygens (including phenoxy) is 1. The van der Waals surface area contributed by atoms with Crippen LogP contribution in [0.4, 0.5) is 0 Å². The molecule has 5 heteroatoms. The van der Waals surface area contributed by atoms with E-state index in [2.05, 4.69) is 113 Å². The van der Waals surface area contributed by atoms with Gasteiger partial charge >= 0.3 is 0 Å². The van der Waals surface area contributed by atoms with E-state index < -0.39 is 5.54 Å². The Morgan fingerprint density at radius 3 is 1.80 bits per heavy atom. The van der Waals surface area contributed by atoms with Gasteiger partial charge in [0.1, 0.15) is 16.4 Å². The van der Waals surface area contributed by atoms with Crippen molar-refractivity contribution in [2.75, 3.05) is 6.61 Å². The molecule has 4 aromatic carbocycles. The maximum Gasteiger partial charge on any atom is 0.129 e. The highest BCUT2D eigenvalue weighted by Crippen LogP contribution is 2.42. The first kappa shape index (κ1) is 25.6. The van der Waals surface area contributed by atoms with Gasteiger partial charge in [0.2, 0.25) is 0 Å². The van der Waals surface area contributed by atoms with Gasteiger partial charge in [-0.05, 0) is 40.5 Å². The second-order valence-corrected chi connectivity index (χ2v) is 9.95. The summed E-state index contributed by atoms with van der Waals surface area (Å²) in [5.74, 6) is 0.791. The normalized spacial score (nSPS) is 11.3. The summed E-state index contributed by atoms with van der Waals surface area (Å²) in [6, 6.07) is 43.6. The minimum Gasteiger partial charge on any atom is -0.493 e. The molecule has 0 amide bonds. The van der Waals surface area contributed by atoms with Crippen LogP contribution in [0.25, 0.3) is 11.3 Å². The Morgan fingerprint density at radius 1 is 0.650 bits per heavy atom. The molecule has 0 bridgehead atoms. The van der Waals surface area contributed by atoms with Gasteiger partial charge in [0.15, 0.2) is 0 Å². The Morgan fingerprint density at radius 2 is 1.23 bits per heavy atom. The van der Waals surface area contributed by atoms with Crippen LogP contribution in [-0.4, -0.2) is 21.1 Å². The molecule has 0 saturated heterocycles. The number of halogens is 1. The van der Waals surface area contributed by atoms with Gasteiger partial charge in [-0.15, -0.1) is 0 Å². The number of benzene rings is 4. The second kappa shape index (κ2) is 11.6. The number of imidazole rings is 1. The van der Waals surface area contributed by atoms with E-state index >= 15 is 0 Å². The van der Waals surface area contributed by atoms with Crippen LogP contribution in [-0.2, 0) is 12.0 Å². The summed E-state index contributed by atoms with van der Waals surface area (Å²) in [6.07, 6.45) is 6.57. The fourth-order valence-corrected chi connectivity index (χ4v) is 5.38. The van der Waals surface area contributed by atoms with Crippen molar-refractivity contribution >= 4 is 11.6 Å². The number of nitrogens with zero attached hydrogens (tertiary/aromatic N) is 3. The lowest BCUT2D eigenvalue weighted by Gasteiger charge is -2.37. The zero-order valence-electron chi connectivity index (χ0n) is 21.9. The van der Waals surface area contributed by atoms with Crippen LogP contribution < -0.4 is 4.74 Å². The van der Waals surface area contributed by atoms with E-state index in [1.54, 1.807) is 12.3 Å². The Labute approximate surface area is 239 Å². The third kappa shape index (κ3) is 5.02. The van der Waals surface area contributed by atoms with Crippen molar-refractivity contribution < 1.29 is 4.74 Å². The van der Waals surface area contributed by atoms with E-state index in [0.717, 1.165) is 45.7 Å². The average molecular weight is 542 g/mol. The number of para-hydroxylation sites is 1. The van der Waals surface area contributed by atoms with Gasteiger partial charge in [-0.2, -0.15) is 0 Å². The maximum atomic E-state index is 6.26. The summed E-state index contributed by atoms with van der Waals surface area (Å²) in [6.45, 7) is 0.517. The van der Waals surface area contributed by atoms with E-state index in [0.29, 0.717) is 11.8 Å². The predicted molar refractivity (Wildman–Crippen MR) is 161 cm³/mol. The van der Waals surface area contributed by atoms with Crippen LogP contribution >= 0.6 is 11.6 Å². The lowest BCUT2D eigenvalue weighted by Crippen LogP contribution is -2.36. The van der Waals surface area contributed by atoms with Gasteiger partial charge in [0.25, 0.3) is 0 Å². The minimum absolute atomic E-state index is 0.489. The van der Waals surface area contributed by atoms with Crippen LogP contribution in [0.3, 0.4) is 0 Å². The fourth-order valence-electron chi connectivity index (χ4n) is 5.27. The van der Waals surface area contributed by atoms with Crippen molar-refractivity contribution in [3.8, 4) is 17.0 Å². The van der Waals surface area contributed by atoms with Crippen LogP contribution in [0.1, 0.15) is 22.3 Å². The molecule has 0 aliphatic heterocycles. The molecule has 4 nitrogen and oxygen atoms in total. The van der Waals surface area contributed by atoms with E-state index in [1.165, 1.54) is 0 Å². The number of pyridine rings is 1. The monoisotopic (exact) mass is 541 g/mol. The number of rotatable bonds is 9. The molecule has 6 aromatic rings. The minimum atomic E-state index is -0.619. The van der Waals surface area contributed by atoms with E-state index in [-0.39, 0.29) is 0 Å². The smallest absolute Gasteiger partial charge is 0.129 e. The summed E-state index contributed by atoms with van der Waals surface area (Å²) in [5, 5.41) is 0.489. The molecule has 0 unspecified atom stereocenters. The molecule has 2 heterocycles. The van der Waals surface area contributed by atoms with Crippen molar-refractivity contribution in [1.82, 2.24) is 14.5 Å². The molecule has 40 heavy (non-hydrogen) atoms. The molecule has 0 N–H and O–H groups in total. The van der Waals surface area contributed by atoms with Crippen molar-refractivity contribution in [3.05, 3.63) is 174 Å². The lowest BCUT2D eigenvalue weighted by atomic mass is 9.77. The van der Waals surface area contributed by atoms with Gasteiger partial charge in [-0.25, -0.2) is 9.97 Å². The fraction of sp³-hybridized carbons (Fsp3) is 0.0857. The zero-order chi connectivity index (χ0) is 27.2. The average Bonchev–Trinajstić information content (AvgIpc) is 3.51. The summed E-state index contributed by atoms with van der Waals surface area (Å²) < 4.78 is 8.49. The van der Waals surface area contributed by atoms with Crippen molar-refractivity contribution in [1.29, 1.82) is 0 Å². The van der Waals surface area contributed by atoms with Crippen LogP contribution in [0.15, 0.2) is 146 Å². The summed E-state index contributed by atoms with van der Waals surface area (Å²) in [7, 11) is 0. The Balaban J connectivity index is 1.41. The first-order valence-electron chi connectivity index (χ1n) is 13.3. The van der Waals surface area contributed by atoms with E-state index in [4.69, 9.17) is 21.3 Å². The Bertz CT molecular complexity index is 1570. The second-order valence-electron chi connectivity index (χ2n) is 9.56. The molecular weight excluding hydrogens is 514 g/mol. The topological polar surface area (TPSA) is 39.9 Å².